The van der Waals surface area contributed by atoms with Crippen molar-refractivity contribution in [3.05, 3.63) is 59.7 Å². The normalized spacial score (nSPS) is 13.3. The lowest BCUT2D eigenvalue weighted by molar-refractivity contribution is -0.155. The first-order chi connectivity index (χ1) is 16.5. The number of nitrogens with one attached hydrogen (secondary N) is 1. The second-order valence-corrected chi connectivity index (χ2v) is 9.58. The number of fused-ring (bicyclic) bond motifs is 3. The minimum atomic E-state index is -1.18. The SMILES string of the molecule is CC(C)(C)OC(=O)CC[C@H](CC(=O)CNC(=O)OCC1c2ccccc2-c2ccccc21)C(=O)O. The third kappa shape index (κ3) is 7.15. The highest BCUT2D eigenvalue weighted by molar-refractivity contribution is 5.87. The summed E-state index contributed by atoms with van der Waals surface area (Å²) in [5.41, 5.74) is 3.70. The van der Waals surface area contributed by atoms with Gasteiger partial charge in [0.15, 0.2) is 5.78 Å². The van der Waals surface area contributed by atoms with Crippen LogP contribution in [0.2, 0.25) is 0 Å². The van der Waals surface area contributed by atoms with Crippen LogP contribution in [0.15, 0.2) is 48.5 Å². The van der Waals surface area contributed by atoms with Gasteiger partial charge in [-0.2, -0.15) is 0 Å². The summed E-state index contributed by atoms with van der Waals surface area (Å²) in [6.45, 7) is 4.92. The van der Waals surface area contributed by atoms with Gasteiger partial charge in [0.1, 0.15) is 12.2 Å². The van der Waals surface area contributed by atoms with Crippen molar-refractivity contribution in [1.29, 1.82) is 0 Å². The molecule has 0 unspecified atom stereocenters. The molecular formula is C27H31NO7. The predicted octanol–water partition coefficient (Wildman–Crippen LogP) is 4.31. The summed E-state index contributed by atoms with van der Waals surface area (Å²) in [7, 11) is 0. The molecule has 1 aliphatic carbocycles. The van der Waals surface area contributed by atoms with Gasteiger partial charge in [0.2, 0.25) is 0 Å². The molecule has 0 saturated carbocycles. The zero-order valence-electron chi connectivity index (χ0n) is 20.2. The first-order valence-electron chi connectivity index (χ1n) is 11.6. The number of esters is 1. The van der Waals surface area contributed by atoms with Gasteiger partial charge in [-0.25, -0.2) is 4.79 Å². The summed E-state index contributed by atoms with van der Waals surface area (Å²) in [6.07, 6.45) is -1.19. The Morgan fingerprint density at radius 3 is 2.09 bits per heavy atom. The highest BCUT2D eigenvalue weighted by atomic mass is 16.6. The number of aliphatic carboxylic acids is 1. The lowest BCUT2D eigenvalue weighted by atomic mass is 9.97. The number of hydrogen-bond donors (Lipinski definition) is 2. The molecule has 0 bridgehead atoms. The maximum Gasteiger partial charge on any atom is 0.407 e. The summed E-state index contributed by atoms with van der Waals surface area (Å²) >= 11 is 0. The van der Waals surface area contributed by atoms with Gasteiger partial charge in [-0.3, -0.25) is 14.4 Å². The van der Waals surface area contributed by atoms with Gasteiger partial charge in [0.05, 0.1) is 12.5 Å². The molecule has 0 radical (unpaired) electrons. The lowest BCUT2D eigenvalue weighted by Crippen LogP contribution is -2.33. The Labute approximate surface area is 204 Å². The zero-order valence-corrected chi connectivity index (χ0v) is 20.2. The van der Waals surface area contributed by atoms with Crippen LogP contribution in [0.25, 0.3) is 11.1 Å². The number of Topliss-reactive ketones (excluding diaryl/α,β-unsaturated/α-hetero) is 1. The van der Waals surface area contributed by atoms with Crippen LogP contribution in [0, 0.1) is 5.92 Å². The van der Waals surface area contributed by atoms with Crippen molar-refractivity contribution in [2.45, 2.75) is 51.6 Å². The first kappa shape index (κ1) is 25.9. The molecule has 2 N–H and O–H groups in total. The van der Waals surface area contributed by atoms with Crippen LogP contribution in [0.4, 0.5) is 4.79 Å². The average molecular weight is 482 g/mol. The molecule has 2 aromatic rings. The summed E-state index contributed by atoms with van der Waals surface area (Å²) in [6, 6.07) is 15.9. The van der Waals surface area contributed by atoms with Gasteiger partial charge in [-0.1, -0.05) is 48.5 Å². The first-order valence-corrected chi connectivity index (χ1v) is 11.6. The number of carboxylic acid groups (broad SMARTS) is 1. The van der Waals surface area contributed by atoms with E-state index in [0.717, 1.165) is 22.3 Å². The number of ketones is 1. The van der Waals surface area contributed by atoms with Gasteiger partial charge in [-0.05, 0) is 49.4 Å². The quantitative estimate of drug-likeness (QED) is 0.486. The highest BCUT2D eigenvalue weighted by Crippen LogP contribution is 2.44. The number of carbonyl (C=O) groups excluding carboxylic acids is 3. The van der Waals surface area contributed by atoms with Crippen molar-refractivity contribution < 1.29 is 33.8 Å². The van der Waals surface area contributed by atoms with E-state index in [4.69, 9.17) is 9.47 Å². The van der Waals surface area contributed by atoms with Crippen molar-refractivity contribution in [3.8, 4) is 11.1 Å². The van der Waals surface area contributed by atoms with Crippen LogP contribution in [0.1, 0.15) is 57.1 Å². The van der Waals surface area contributed by atoms with Gasteiger partial charge in [-0.15, -0.1) is 0 Å². The van der Waals surface area contributed by atoms with E-state index in [0.29, 0.717) is 0 Å². The van der Waals surface area contributed by atoms with Crippen LogP contribution in [0.5, 0.6) is 0 Å². The fourth-order valence-corrected chi connectivity index (χ4v) is 4.16. The molecule has 0 saturated heterocycles. The van der Waals surface area contributed by atoms with E-state index in [1.807, 2.05) is 48.5 Å². The Morgan fingerprint density at radius 2 is 1.54 bits per heavy atom. The molecule has 1 atom stereocenters. The Balaban J connectivity index is 1.47. The van der Waals surface area contributed by atoms with Crippen LogP contribution >= 0.6 is 0 Å². The van der Waals surface area contributed by atoms with Crippen LogP contribution in [-0.2, 0) is 23.9 Å². The lowest BCUT2D eigenvalue weighted by Gasteiger charge is -2.20. The summed E-state index contributed by atoms with van der Waals surface area (Å²) in [4.78, 5) is 47.9. The molecule has 0 aliphatic heterocycles. The van der Waals surface area contributed by atoms with E-state index >= 15 is 0 Å². The molecule has 186 valence electrons. The maximum absolute atomic E-state index is 12.3. The minimum Gasteiger partial charge on any atom is -0.481 e. The van der Waals surface area contributed by atoms with Crippen LogP contribution < -0.4 is 5.32 Å². The fourth-order valence-electron chi connectivity index (χ4n) is 4.16. The Kier molecular flexibility index (Phi) is 8.27. The predicted molar refractivity (Wildman–Crippen MR) is 129 cm³/mol. The van der Waals surface area contributed by atoms with Crippen molar-refractivity contribution in [1.82, 2.24) is 5.32 Å². The van der Waals surface area contributed by atoms with Crippen molar-refractivity contribution in [3.63, 3.8) is 0 Å². The van der Waals surface area contributed by atoms with E-state index in [2.05, 4.69) is 5.32 Å². The Bertz CT molecular complexity index is 1060. The number of hydrogen-bond acceptors (Lipinski definition) is 6. The topological polar surface area (TPSA) is 119 Å². The molecule has 35 heavy (non-hydrogen) atoms. The van der Waals surface area contributed by atoms with E-state index < -0.39 is 35.3 Å². The third-order valence-corrected chi connectivity index (χ3v) is 5.71. The van der Waals surface area contributed by atoms with E-state index in [1.54, 1.807) is 20.8 Å². The largest absolute Gasteiger partial charge is 0.481 e. The van der Waals surface area contributed by atoms with Gasteiger partial charge in [0.25, 0.3) is 0 Å². The minimum absolute atomic E-state index is 0.0269. The molecule has 2 aromatic carbocycles. The summed E-state index contributed by atoms with van der Waals surface area (Å²) in [5, 5.41) is 11.8. The number of carbonyl (C=O) groups is 4. The number of amides is 1. The van der Waals surface area contributed by atoms with Crippen molar-refractivity contribution in [2.75, 3.05) is 13.2 Å². The van der Waals surface area contributed by atoms with Crippen LogP contribution in [0.3, 0.4) is 0 Å². The number of alkyl carbamates (subject to hydrolysis) is 1. The van der Waals surface area contributed by atoms with E-state index in [-0.39, 0.29) is 38.3 Å². The standard InChI is InChI=1S/C27H31NO7/c1-27(2,3)35-24(30)13-12-17(25(31)32)14-18(29)15-28-26(33)34-16-23-21-10-6-4-8-19(21)20-9-5-7-11-22(20)23/h4-11,17,23H,12-16H2,1-3H3,(H,28,33)(H,31,32)/t17-/m1/s1. The Hall–Kier alpha value is -3.68. The second kappa shape index (κ2) is 11.2. The molecule has 0 spiro atoms. The van der Waals surface area contributed by atoms with Crippen LogP contribution in [-0.4, -0.2) is 47.7 Å². The smallest absolute Gasteiger partial charge is 0.407 e. The van der Waals surface area contributed by atoms with Crippen molar-refractivity contribution >= 4 is 23.8 Å². The van der Waals surface area contributed by atoms with Gasteiger partial charge >= 0.3 is 18.0 Å². The van der Waals surface area contributed by atoms with Gasteiger partial charge < -0.3 is 19.9 Å². The molecule has 8 heteroatoms. The number of benzene rings is 2. The molecule has 0 fully saturated rings. The fraction of sp³-hybridized carbons (Fsp3) is 0.407. The molecule has 3 rings (SSSR count). The molecule has 8 nitrogen and oxygen atoms in total. The van der Waals surface area contributed by atoms with Crippen molar-refractivity contribution in [2.24, 2.45) is 5.92 Å². The summed E-state index contributed by atoms with van der Waals surface area (Å²) in [5.74, 6) is -3.31. The highest BCUT2D eigenvalue weighted by Gasteiger charge is 2.29. The van der Waals surface area contributed by atoms with E-state index in [1.165, 1.54) is 0 Å². The molecule has 0 heterocycles. The number of ether oxygens (including phenoxy) is 2. The second-order valence-electron chi connectivity index (χ2n) is 9.58. The van der Waals surface area contributed by atoms with Gasteiger partial charge in [0, 0.05) is 18.8 Å². The summed E-state index contributed by atoms with van der Waals surface area (Å²) < 4.78 is 10.6. The van der Waals surface area contributed by atoms with E-state index in [9.17, 15) is 24.3 Å². The molecule has 0 aromatic heterocycles. The monoisotopic (exact) mass is 481 g/mol. The average Bonchev–Trinajstić information content (AvgIpc) is 3.11. The molecular weight excluding hydrogens is 450 g/mol. The molecule has 1 aliphatic rings. The Morgan fingerprint density at radius 1 is 0.971 bits per heavy atom. The number of rotatable bonds is 10. The zero-order chi connectivity index (χ0) is 25.6. The third-order valence-electron chi connectivity index (χ3n) is 5.71. The maximum atomic E-state index is 12.3. The number of carboxylic acids is 1. The molecule has 1 amide bonds.